The van der Waals surface area contributed by atoms with E-state index >= 15 is 0 Å². The van der Waals surface area contributed by atoms with Crippen molar-refractivity contribution in [2.24, 2.45) is 17.6 Å². The standard InChI is InChI=1S/C17H28N2/c1-13(2)15-5-4-9-19(10-8-15)17-7-6-14(3)11-16(17)12-18/h6-7,11,13,15H,4-5,8-10,12,18H2,1-3H3. The van der Waals surface area contributed by atoms with Gasteiger partial charge >= 0.3 is 0 Å². The van der Waals surface area contributed by atoms with Crippen LogP contribution in [0.1, 0.15) is 44.2 Å². The molecule has 0 spiro atoms. The van der Waals surface area contributed by atoms with Crippen molar-refractivity contribution in [1.82, 2.24) is 0 Å². The second kappa shape index (κ2) is 6.42. The zero-order valence-electron chi connectivity index (χ0n) is 12.7. The van der Waals surface area contributed by atoms with E-state index in [2.05, 4.69) is 43.9 Å². The third-order valence-electron chi connectivity index (χ3n) is 4.51. The van der Waals surface area contributed by atoms with Gasteiger partial charge in [-0.15, -0.1) is 0 Å². The fraction of sp³-hybridized carbons (Fsp3) is 0.647. The van der Waals surface area contributed by atoms with E-state index in [1.54, 1.807) is 0 Å². The first-order valence-corrected chi connectivity index (χ1v) is 7.66. The molecular weight excluding hydrogens is 232 g/mol. The van der Waals surface area contributed by atoms with E-state index in [1.165, 1.54) is 49.2 Å². The molecule has 19 heavy (non-hydrogen) atoms. The van der Waals surface area contributed by atoms with Gasteiger partial charge in [0.1, 0.15) is 0 Å². The van der Waals surface area contributed by atoms with Crippen molar-refractivity contribution in [3.63, 3.8) is 0 Å². The molecule has 1 heterocycles. The van der Waals surface area contributed by atoms with Crippen LogP contribution in [0.25, 0.3) is 0 Å². The molecule has 1 unspecified atom stereocenters. The van der Waals surface area contributed by atoms with Crippen molar-refractivity contribution in [3.05, 3.63) is 29.3 Å². The fourth-order valence-corrected chi connectivity index (χ4v) is 3.22. The molecule has 0 amide bonds. The molecule has 2 heteroatoms. The number of hydrogen-bond acceptors (Lipinski definition) is 2. The summed E-state index contributed by atoms with van der Waals surface area (Å²) < 4.78 is 0. The van der Waals surface area contributed by atoms with Crippen LogP contribution in [-0.4, -0.2) is 13.1 Å². The highest BCUT2D eigenvalue weighted by Gasteiger charge is 2.20. The van der Waals surface area contributed by atoms with Crippen molar-refractivity contribution < 1.29 is 0 Å². The summed E-state index contributed by atoms with van der Waals surface area (Å²) in [5.74, 6) is 1.70. The second-order valence-electron chi connectivity index (χ2n) is 6.26. The van der Waals surface area contributed by atoms with Gasteiger partial charge in [-0.25, -0.2) is 0 Å². The molecule has 1 fully saturated rings. The lowest BCUT2D eigenvalue weighted by Crippen LogP contribution is -2.26. The summed E-state index contributed by atoms with van der Waals surface area (Å²) >= 11 is 0. The van der Waals surface area contributed by atoms with Crippen LogP contribution >= 0.6 is 0 Å². The number of benzene rings is 1. The van der Waals surface area contributed by atoms with Gasteiger partial charge in [0, 0.05) is 25.3 Å². The molecule has 0 bridgehead atoms. The molecule has 0 aromatic heterocycles. The topological polar surface area (TPSA) is 29.3 Å². The van der Waals surface area contributed by atoms with Crippen molar-refractivity contribution >= 4 is 5.69 Å². The van der Waals surface area contributed by atoms with Gasteiger partial charge in [-0.2, -0.15) is 0 Å². The SMILES string of the molecule is Cc1ccc(N2CCCC(C(C)C)CC2)c(CN)c1. The smallest absolute Gasteiger partial charge is 0.0411 e. The summed E-state index contributed by atoms with van der Waals surface area (Å²) in [5, 5.41) is 0. The minimum absolute atomic E-state index is 0.640. The third-order valence-corrected chi connectivity index (χ3v) is 4.51. The predicted octanol–water partition coefficient (Wildman–Crippen LogP) is 3.72. The maximum atomic E-state index is 5.91. The lowest BCUT2D eigenvalue weighted by Gasteiger charge is -2.26. The lowest BCUT2D eigenvalue weighted by molar-refractivity contribution is 0.351. The van der Waals surface area contributed by atoms with Crippen molar-refractivity contribution in [2.45, 2.75) is 46.6 Å². The number of hydrogen-bond donors (Lipinski definition) is 1. The molecule has 0 radical (unpaired) electrons. The predicted molar refractivity (Wildman–Crippen MR) is 83.5 cm³/mol. The molecule has 1 saturated heterocycles. The van der Waals surface area contributed by atoms with Crippen LogP contribution in [0.2, 0.25) is 0 Å². The Hall–Kier alpha value is -1.02. The average molecular weight is 260 g/mol. The first-order chi connectivity index (χ1) is 9.11. The van der Waals surface area contributed by atoms with Crippen LogP contribution in [0, 0.1) is 18.8 Å². The summed E-state index contributed by atoms with van der Waals surface area (Å²) in [7, 11) is 0. The molecule has 1 atom stereocenters. The summed E-state index contributed by atoms with van der Waals surface area (Å²) in [5.41, 5.74) is 9.87. The quantitative estimate of drug-likeness (QED) is 0.897. The van der Waals surface area contributed by atoms with Crippen LogP contribution < -0.4 is 10.6 Å². The van der Waals surface area contributed by atoms with Gasteiger partial charge in [0.2, 0.25) is 0 Å². The van der Waals surface area contributed by atoms with E-state index in [4.69, 9.17) is 5.73 Å². The molecule has 0 aliphatic carbocycles. The Morgan fingerprint density at radius 3 is 2.74 bits per heavy atom. The maximum absolute atomic E-state index is 5.91. The highest BCUT2D eigenvalue weighted by atomic mass is 15.1. The van der Waals surface area contributed by atoms with Gasteiger partial charge in [-0.1, -0.05) is 31.5 Å². The van der Waals surface area contributed by atoms with E-state index in [9.17, 15) is 0 Å². The number of rotatable bonds is 3. The van der Waals surface area contributed by atoms with E-state index in [0.29, 0.717) is 6.54 Å². The largest absolute Gasteiger partial charge is 0.371 e. The van der Waals surface area contributed by atoms with Gasteiger partial charge in [0.05, 0.1) is 0 Å². The van der Waals surface area contributed by atoms with Gasteiger partial charge < -0.3 is 10.6 Å². The fourth-order valence-electron chi connectivity index (χ4n) is 3.22. The molecule has 1 aliphatic heterocycles. The van der Waals surface area contributed by atoms with Gasteiger partial charge in [0.25, 0.3) is 0 Å². The van der Waals surface area contributed by atoms with Crippen molar-refractivity contribution in [1.29, 1.82) is 0 Å². The Kier molecular flexibility index (Phi) is 4.87. The van der Waals surface area contributed by atoms with Crippen LogP contribution in [0.15, 0.2) is 18.2 Å². The number of aryl methyl sites for hydroxylation is 1. The summed E-state index contributed by atoms with van der Waals surface area (Å²) in [6, 6.07) is 6.70. The van der Waals surface area contributed by atoms with Crippen molar-refractivity contribution in [3.8, 4) is 0 Å². The second-order valence-corrected chi connectivity index (χ2v) is 6.26. The normalized spacial score (nSPS) is 20.7. The average Bonchev–Trinajstić information content (AvgIpc) is 2.64. The molecule has 1 aromatic rings. The lowest BCUT2D eigenvalue weighted by atomic mass is 9.89. The summed E-state index contributed by atoms with van der Waals surface area (Å²) in [4.78, 5) is 2.55. The molecule has 1 aliphatic rings. The molecule has 2 N–H and O–H groups in total. The molecule has 0 saturated carbocycles. The number of nitrogens with two attached hydrogens (primary N) is 1. The summed E-state index contributed by atoms with van der Waals surface area (Å²) in [6.45, 7) is 9.86. The van der Waals surface area contributed by atoms with Crippen LogP contribution in [0.5, 0.6) is 0 Å². The molecule has 1 aromatic carbocycles. The molecule has 2 rings (SSSR count). The first-order valence-electron chi connectivity index (χ1n) is 7.66. The van der Waals surface area contributed by atoms with Gasteiger partial charge in [-0.05, 0) is 49.7 Å². The number of anilines is 1. The van der Waals surface area contributed by atoms with E-state index in [1.807, 2.05) is 0 Å². The zero-order chi connectivity index (χ0) is 13.8. The Balaban J connectivity index is 2.14. The zero-order valence-corrected chi connectivity index (χ0v) is 12.7. The Morgan fingerprint density at radius 1 is 1.26 bits per heavy atom. The van der Waals surface area contributed by atoms with Gasteiger partial charge in [0.15, 0.2) is 0 Å². The first kappa shape index (κ1) is 14.4. The minimum Gasteiger partial charge on any atom is -0.371 e. The maximum Gasteiger partial charge on any atom is 0.0411 e. The Labute approximate surface area is 118 Å². The Bertz CT molecular complexity index is 412. The molecule has 106 valence electrons. The highest BCUT2D eigenvalue weighted by molar-refractivity contribution is 5.55. The summed E-state index contributed by atoms with van der Waals surface area (Å²) in [6.07, 6.45) is 3.99. The van der Waals surface area contributed by atoms with Crippen molar-refractivity contribution in [2.75, 3.05) is 18.0 Å². The monoisotopic (exact) mass is 260 g/mol. The van der Waals surface area contributed by atoms with E-state index in [-0.39, 0.29) is 0 Å². The van der Waals surface area contributed by atoms with E-state index in [0.717, 1.165) is 11.8 Å². The highest BCUT2D eigenvalue weighted by Crippen LogP contribution is 2.29. The van der Waals surface area contributed by atoms with Crippen LogP contribution in [0.3, 0.4) is 0 Å². The minimum atomic E-state index is 0.640. The molecular formula is C17H28N2. The van der Waals surface area contributed by atoms with Crippen LogP contribution in [-0.2, 0) is 6.54 Å². The van der Waals surface area contributed by atoms with E-state index < -0.39 is 0 Å². The van der Waals surface area contributed by atoms with Gasteiger partial charge in [-0.3, -0.25) is 0 Å². The molecule has 2 nitrogen and oxygen atoms in total. The third kappa shape index (κ3) is 3.50. The van der Waals surface area contributed by atoms with Crippen LogP contribution in [0.4, 0.5) is 5.69 Å². The number of nitrogens with zero attached hydrogens (tertiary/aromatic N) is 1. The Morgan fingerprint density at radius 2 is 2.05 bits per heavy atom.